The van der Waals surface area contributed by atoms with Crippen molar-refractivity contribution < 1.29 is 19.5 Å². The number of amides is 1. The molecule has 212 valence electrons. The summed E-state index contributed by atoms with van der Waals surface area (Å²) >= 11 is 8.18. The van der Waals surface area contributed by atoms with Crippen molar-refractivity contribution in [3.63, 3.8) is 0 Å². The molecule has 1 fully saturated rings. The van der Waals surface area contributed by atoms with Gasteiger partial charge in [-0.2, -0.15) is 0 Å². The van der Waals surface area contributed by atoms with Crippen LogP contribution in [0.3, 0.4) is 0 Å². The molecule has 0 aromatic heterocycles. The minimum atomic E-state index is -1.11. The van der Waals surface area contributed by atoms with E-state index in [2.05, 4.69) is 11.4 Å². The number of thiocarbonyl (C=S) groups is 1. The van der Waals surface area contributed by atoms with Gasteiger partial charge in [0.25, 0.3) is 5.91 Å². The molecule has 0 spiro atoms. The van der Waals surface area contributed by atoms with E-state index in [0.29, 0.717) is 10.5 Å². The maximum absolute atomic E-state index is 13.2. The van der Waals surface area contributed by atoms with E-state index in [1.165, 1.54) is 4.90 Å². The minimum Gasteiger partial charge on any atom is -0.480 e. The number of carbonyl (C=O) groups is 3. The predicted octanol–water partition coefficient (Wildman–Crippen LogP) is 7.69. The number of hydrogen-bond acceptors (Lipinski definition) is 7. The molecule has 2 heterocycles. The van der Waals surface area contributed by atoms with Gasteiger partial charge in [0.1, 0.15) is 10.4 Å². The second kappa shape index (κ2) is 12.4. The van der Waals surface area contributed by atoms with Gasteiger partial charge < -0.3 is 10.4 Å². The molecule has 6 nitrogen and oxygen atoms in total. The third-order valence-electron chi connectivity index (χ3n) is 6.99. The van der Waals surface area contributed by atoms with Crippen molar-refractivity contribution in [3.05, 3.63) is 130 Å². The zero-order chi connectivity index (χ0) is 29.9. The van der Waals surface area contributed by atoms with Crippen LogP contribution in [0, 0.1) is 0 Å². The van der Waals surface area contributed by atoms with Gasteiger partial charge in [-0.1, -0.05) is 109 Å². The van der Waals surface area contributed by atoms with Crippen molar-refractivity contribution in [1.29, 1.82) is 0 Å². The van der Waals surface area contributed by atoms with E-state index in [1.54, 1.807) is 30.0 Å². The van der Waals surface area contributed by atoms with Gasteiger partial charge >= 0.3 is 5.97 Å². The van der Waals surface area contributed by atoms with Gasteiger partial charge in [0.05, 0.1) is 16.3 Å². The van der Waals surface area contributed by atoms with Gasteiger partial charge in [-0.25, -0.2) is 4.79 Å². The third-order valence-corrected chi connectivity index (χ3v) is 9.48. The standard InChI is InChI=1S/C34H24N2O4S3/c37-28(24-15-17-30-26(20-24)35-25-8-4-5-9-29(25)42-30)16-14-21-10-12-23(13-11-21)19-31-32(38)36(34(41)43-31)27(33(39)40)18-22-6-2-1-3-7-22/h1-17,19-20,27,35H,18H2,(H,39,40)/b16-14+,31-19+/t27-/m1/s1. The lowest BCUT2D eigenvalue weighted by molar-refractivity contribution is -0.145. The van der Waals surface area contributed by atoms with Crippen LogP contribution in [0.1, 0.15) is 27.0 Å². The number of ketones is 1. The van der Waals surface area contributed by atoms with Gasteiger partial charge in [-0.15, -0.1) is 0 Å². The number of hydrogen-bond donors (Lipinski definition) is 2. The first-order valence-electron chi connectivity index (χ1n) is 13.4. The Hall–Kier alpha value is -4.44. The van der Waals surface area contributed by atoms with Crippen LogP contribution in [0.15, 0.2) is 118 Å². The van der Waals surface area contributed by atoms with E-state index in [-0.39, 0.29) is 16.5 Å². The van der Waals surface area contributed by atoms with Crippen molar-refractivity contribution >= 4 is 81.2 Å². The third kappa shape index (κ3) is 6.34. The van der Waals surface area contributed by atoms with Crippen molar-refractivity contribution in [2.75, 3.05) is 5.32 Å². The highest BCUT2D eigenvalue weighted by atomic mass is 32.2. The number of carboxylic acid groups (broad SMARTS) is 1. The Kier molecular flexibility index (Phi) is 8.29. The van der Waals surface area contributed by atoms with Gasteiger partial charge in [-0.3, -0.25) is 14.5 Å². The number of para-hydroxylation sites is 1. The SMILES string of the molecule is O=C(/C=C/c1ccc(/C=C2/SC(=S)N([C@H](Cc3ccccc3)C(=O)O)C2=O)cc1)c1ccc2c(c1)Nc1ccccc1S2. The molecule has 1 saturated heterocycles. The molecule has 2 N–H and O–H groups in total. The Bertz CT molecular complexity index is 1820. The van der Waals surface area contributed by atoms with Crippen LogP contribution in [-0.2, 0) is 16.0 Å². The van der Waals surface area contributed by atoms with Gasteiger partial charge in [0.2, 0.25) is 0 Å². The van der Waals surface area contributed by atoms with Crippen molar-refractivity contribution in [1.82, 2.24) is 4.90 Å². The second-order valence-electron chi connectivity index (χ2n) is 9.89. The number of anilines is 2. The first-order valence-corrected chi connectivity index (χ1v) is 15.4. The molecular formula is C34H24N2O4S3. The first kappa shape index (κ1) is 28.7. The molecule has 0 aliphatic carbocycles. The molecule has 1 atom stereocenters. The van der Waals surface area contributed by atoms with E-state index < -0.39 is 17.9 Å². The topological polar surface area (TPSA) is 86.7 Å². The van der Waals surface area contributed by atoms with Crippen LogP contribution in [0.25, 0.3) is 12.2 Å². The van der Waals surface area contributed by atoms with E-state index in [4.69, 9.17) is 12.2 Å². The van der Waals surface area contributed by atoms with Crippen LogP contribution < -0.4 is 5.32 Å². The summed E-state index contributed by atoms with van der Waals surface area (Å²) in [5.74, 6) is -1.64. The Labute approximate surface area is 262 Å². The molecule has 4 aromatic rings. The Balaban J connectivity index is 1.12. The van der Waals surface area contributed by atoms with Crippen LogP contribution in [0.4, 0.5) is 11.4 Å². The smallest absolute Gasteiger partial charge is 0.327 e. The second-order valence-corrected chi connectivity index (χ2v) is 12.7. The molecule has 6 rings (SSSR count). The molecule has 1 amide bonds. The molecule has 43 heavy (non-hydrogen) atoms. The molecule has 9 heteroatoms. The average Bonchev–Trinajstić information content (AvgIpc) is 3.29. The first-order chi connectivity index (χ1) is 20.9. The average molecular weight is 621 g/mol. The van der Waals surface area contributed by atoms with Crippen LogP contribution in [-0.4, -0.2) is 38.0 Å². The van der Waals surface area contributed by atoms with E-state index in [9.17, 15) is 19.5 Å². The number of benzene rings is 4. The summed E-state index contributed by atoms with van der Waals surface area (Å²) in [5.41, 5.74) is 4.92. The summed E-state index contributed by atoms with van der Waals surface area (Å²) in [6, 6.07) is 29.2. The van der Waals surface area contributed by atoms with Crippen LogP contribution >= 0.6 is 35.7 Å². The summed E-state index contributed by atoms with van der Waals surface area (Å²) in [7, 11) is 0. The summed E-state index contributed by atoms with van der Waals surface area (Å²) in [6.45, 7) is 0. The summed E-state index contributed by atoms with van der Waals surface area (Å²) in [6.07, 6.45) is 5.16. The molecule has 2 aliphatic heterocycles. The number of carbonyl (C=O) groups excluding carboxylic acids is 2. The monoisotopic (exact) mass is 620 g/mol. The Morgan fingerprint density at radius 2 is 1.56 bits per heavy atom. The fraction of sp³-hybridized carbons (Fsp3) is 0.0588. The lowest BCUT2D eigenvalue weighted by Crippen LogP contribution is -2.45. The number of nitrogens with one attached hydrogen (secondary N) is 1. The molecule has 4 aromatic carbocycles. The molecule has 0 bridgehead atoms. The molecular weight excluding hydrogens is 597 g/mol. The number of thioether (sulfide) groups is 1. The van der Waals surface area contributed by atoms with E-state index in [0.717, 1.165) is 49.6 Å². The molecule has 0 unspecified atom stereocenters. The van der Waals surface area contributed by atoms with Crippen LogP contribution in [0.5, 0.6) is 0 Å². The van der Waals surface area contributed by atoms with Crippen molar-refractivity contribution in [3.8, 4) is 0 Å². The zero-order valence-electron chi connectivity index (χ0n) is 22.6. The number of nitrogens with zero attached hydrogens (tertiary/aromatic N) is 1. The number of aliphatic carboxylic acids is 1. The summed E-state index contributed by atoms with van der Waals surface area (Å²) in [4.78, 5) is 42.0. The molecule has 0 saturated carbocycles. The summed E-state index contributed by atoms with van der Waals surface area (Å²) < 4.78 is 0.220. The molecule has 2 aliphatic rings. The lowest BCUT2D eigenvalue weighted by Gasteiger charge is -2.23. The minimum absolute atomic E-state index is 0.107. The van der Waals surface area contributed by atoms with E-state index in [1.807, 2.05) is 91.0 Å². The largest absolute Gasteiger partial charge is 0.480 e. The van der Waals surface area contributed by atoms with E-state index >= 15 is 0 Å². The fourth-order valence-corrected chi connectivity index (χ4v) is 7.12. The fourth-order valence-electron chi connectivity index (χ4n) is 4.79. The van der Waals surface area contributed by atoms with Crippen molar-refractivity contribution in [2.45, 2.75) is 22.3 Å². The number of allylic oxidation sites excluding steroid dienone is 1. The van der Waals surface area contributed by atoms with Gasteiger partial charge in [-0.05, 0) is 59.2 Å². The Morgan fingerprint density at radius 1 is 0.860 bits per heavy atom. The normalized spacial score (nSPS) is 15.7. The maximum Gasteiger partial charge on any atom is 0.327 e. The highest BCUT2D eigenvalue weighted by Gasteiger charge is 2.40. The van der Waals surface area contributed by atoms with Crippen molar-refractivity contribution in [2.24, 2.45) is 0 Å². The van der Waals surface area contributed by atoms with Gasteiger partial charge in [0.15, 0.2) is 5.78 Å². The van der Waals surface area contributed by atoms with Gasteiger partial charge in [0, 0.05) is 21.8 Å². The zero-order valence-corrected chi connectivity index (χ0v) is 25.0. The highest BCUT2D eigenvalue weighted by molar-refractivity contribution is 8.26. The Morgan fingerprint density at radius 3 is 2.33 bits per heavy atom. The number of rotatable bonds is 8. The molecule has 0 radical (unpaired) electrons. The maximum atomic E-state index is 13.2. The number of carboxylic acids is 1. The lowest BCUT2D eigenvalue weighted by atomic mass is 10.0. The highest BCUT2D eigenvalue weighted by Crippen LogP contribution is 2.44. The van der Waals surface area contributed by atoms with Crippen LogP contribution in [0.2, 0.25) is 0 Å². The predicted molar refractivity (Wildman–Crippen MR) is 177 cm³/mol. The quantitative estimate of drug-likeness (QED) is 0.104. The number of fused-ring (bicyclic) bond motifs is 2. The summed E-state index contributed by atoms with van der Waals surface area (Å²) in [5, 5.41) is 13.3.